The summed E-state index contributed by atoms with van der Waals surface area (Å²) in [6.45, 7) is 2.43. The molecule has 2 N–H and O–H groups in total. The third-order valence-electron chi connectivity index (χ3n) is 3.75. The molecule has 6 heteroatoms. The molecular formula is C18H19FN2O3. The van der Waals surface area contributed by atoms with Gasteiger partial charge in [-0.05, 0) is 42.7 Å². The van der Waals surface area contributed by atoms with Gasteiger partial charge in [-0.3, -0.25) is 0 Å². The summed E-state index contributed by atoms with van der Waals surface area (Å²) < 4.78 is 24.2. The number of urea groups is 1. The maximum atomic E-state index is 13.6. The number of rotatable bonds is 5. The zero-order valence-corrected chi connectivity index (χ0v) is 13.3. The van der Waals surface area contributed by atoms with Crippen molar-refractivity contribution in [2.24, 2.45) is 0 Å². The van der Waals surface area contributed by atoms with Crippen LogP contribution in [0.2, 0.25) is 0 Å². The van der Waals surface area contributed by atoms with Gasteiger partial charge in [0.2, 0.25) is 6.79 Å². The highest BCUT2D eigenvalue weighted by molar-refractivity contribution is 5.74. The molecule has 0 fully saturated rings. The minimum atomic E-state index is -0.295. The van der Waals surface area contributed by atoms with Crippen molar-refractivity contribution in [2.75, 3.05) is 6.79 Å². The van der Waals surface area contributed by atoms with Crippen LogP contribution in [0.3, 0.4) is 0 Å². The Bertz CT molecular complexity index is 736. The molecule has 24 heavy (non-hydrogen) atoms. The first-order valence-corrected chi connectivity index (χ1v) is 7.78. The molecule has 0 bridgehead atoms. The first kappa shape index (κ1) is 16.1. The summed E-state index contributed by atoms with van der Waals surface area (Å²) in [4.78, 5) is 12.0. The molecule has 2 aromatic carbocycles. The van der Waals surface area contributed by atoms with Crippen LogP contribution in [0.5, 0.6) is 11.5 Å². The number of hydrogen-bond donors (Lipinski definition) is 2. The molecule has 1 heterocycles. The third kappa shape index (κ3) is 3.95. The Balaban J connectivity index is 1.48. The maximum Gasteiger partial charge on any atom is 0.315 e. The topological polar surface area (TPSA) is 59.6 Å². The van der Waals surface area contributed by atoms with Crippen LogP contribution in [0.4, 0.5) is 9.18 Å². The molecule has 2 aromatic rings. The molecule has 2 amide bonds. The number of benzene rings is 2. The van der Waals surface area contributed by atoms with Crippen LogP contribution in [-0.4, -0.2) is 18.9 Å². The summed E-state index contributed by atoms with van der Waals surface area (Å²) in [6, 6.07) is 11.6. The summed E-state index contributed by atoms with van der Waals surface area (Å²) in [6.07, 6.45) is 0.435. The van der Waals surface area contributed by atoms with Crippen molar-refractivity contribution < 1.29 is 18.7 Å². The lowest BCUT2D eigenvalue weighted by molar-refractivity contribution is 0.174. The largest absolute Gasteiger partial charge is 0.454 e. The van der Waals surface area contributed by atoms with E-state index >= 15 is 0 Å². The van der Waals surface area contributed by atoms with Crippen molar-refractivity contribution in [3.8, 4) is 11.5 Å². The molecule has 0 aliphatic carbocycles. The third-order valence-corrected chi connectivity index (χ3v) is 3.75. The summed E-state index contributed by atoms with van der Waals surface area (Å²) in [5, 5.41) is 5.59. The van der Waals surface area contributed by atoms with E-state index in [1.165, 1.54) is 6.07 Å². The van der Waals surface area contributed by atoms with Crippen molar-refractivity contribution in [3.05, 3.63) is 59.4 Å². The number of halogens is 1. The van der Waals surface area contributed by atoms with E-state index in [0.717, 1.165) is 5.56 Å². The van der Waals surface area contributed by atoms with Crippen LogP contribution in [0.15, 0.2) is 42.5 Å². The number of carbonyl (C=O) groups excluding carboxylic acids is 1. The van der Waals surface area contributed by atoms with Gasteiger partial charge in [0.15, 0.2) is 11.5 Å². The van der Waals surface area contributed by atoms with Crippen molar-refractivity contribution in [3.63, 3.8) is 0 Å². The zero-order valence-electron chi connectivity index (χ0n) is 13.3. The molecule has 0 saturated heterocycles. The normalized spacial score (nSPS) is 13.4. The van der Waals surface area contributed by atoms with Gasteiger partial charge in [0.05, 0.1) is 0 Å². The van der Waals surface area contributed by atoms with Gasteiger partial charge in [-0.1, -0.05) is 24.3 Å². The molecular weight excluding hydrogens is 311 g/mol. The predicted octanol–water partition coefficient (Wildman–Crippen LogP) is 2.98. The maximum absolute atomic E-state index is 13.6. The van der Waals surface area contributed by atoms with E-state index < -0.39 is 0 Å². The molecule has 0 saturated carbocycles. The van der Waals surface area contributed by atoms with Crippen LogP contribution >= 0.6 is 0 Å². The Morgan fingerprint density at radius 3 is 2.83 bits per heavy atom. The number of nitrogens with one attached hydrogen (secondary N) is 2. The van der Waals surface area contributed by atoms with Crippen LogP contribution in [0.25, 0.3) is 0 Å². The van der Waals surface area contributed by atoms with Gasteiger partial charge in [0.25, 0.3) is 0 Å². The quantitative estimate of drug-likeness (QED) is 0.886. The fourth-order valence-electron chi connectivity index (χ4n) is 2.55. The molecule has 1 atom stereocenters. The number of amides is 2. The van der Waals surface area contributed by atoms with Crippen LogP contribution in [-0.2, 0) is 13.0 Å². The Labute approximate surface area is 139 Å². The van der Waals surface area contributed by atoms with Crippen molar-refractivity contribution in [1.29, 1.82) is 0 Å². The van der Waals surface area contributed by atoms with Crippen molar-refractivity contribution >= 4 is 6.03 Å². The average Bonchev–Trinajstić information content (AvgIpc) is 3.02. The molecule has 0 unspecified atom stereocenters. The molecule has 0 aromatic heterocycles. The fraction of sp³-hybridized carbons (Fsp3) is 0.278. The number of carbonyl (C=O) groups is 1. The predicted molar refractivity (Wildman–Crippen MR) is 87.5 cm³/mol. The van der Waals surface area contributed by atoms with E-state index in [2.05, 4.69) is 10.6 Å². The van der Waals surface area contributed by atoms with Crippen LogP contribution in [0.1, 0.15) is 18.1 Å². The second kappa shape index (κ2) is 7.21. The van der Waals surface area contributed by atoms with E-state index in [0.29, 0.717) is 30.0 Å². The summed E-state index contributed by atoms with van der Waals surface area (Å²) in [5.41, 5.74) is 1.50. The Morgan fingerprint density at radius 1 is 1.21 bits per heavy atom. The van der Waals surface area contributed by atoms with E-state index in [4.69, 9.17) is 9.47 Å². The lowest BCUT2D eigenvalue weighted by atomic mass is 10.1. The smallest absolute Gasteiger partial charge is 0.315 e. The van der Waals surface area contributed by atoms with Crippen LogP contribution < -0.4 is 20.1 Å². The van der Waals surface area contributed by atoms with E-state index in [9.17, 15) is 9.18 Å². The van der Waals surface area contributed by atoms with E-state index in [1.807, 2.05) is 25.1 Å². The van der Waals surface area contributed by atoms with Gasteiger partial charge in [0, 0.05) is 12.6 Å². The average molecular weight is 330 g/mol. The first-order chi connectivity index (χ1) is 11.6. The Morgan fingerprint density at radius 2 is 2.00 bits per heavy atom. The highest BCUT2D eigenvalue weighted by atomic mass is 19.1. The monoisotopic (exact) mass is 330 g/mol. The van der Waals surface area contributed by atoms with Crippen molar-refractivity contribution in [2.45, 2.75) is 25.9 Å². The van der Waals surface area contributed by atoms with Gasteiger partial charge in [0.1, 0.15) is 5.82 Å². The molecule has 1 aliphatic heterocycles. The second-order valence-electron chi connectivity index (χ2n) is 5.71. The van der Waals surface area contributed by atoms with Gasteiger partial charge >= 0.3 is 6.03 Å². The van der Waals surface area contributed by atoms with Crippen LogP contribution in [0, 0.1) is 5.82 Å². The number of fused-ring (bicyclic) bond motifs is 1. The van der Waals surface area contributed by atoms with Gasteiger partial charge in [-0.25, -0.2) is 9.18 Å². The second-order valence-corrected chi connectivity index (χ2v) is 5.71. The van der Waals surface area contributed by atoms with E-state index in [1.54, 1.807) is 18.2 Å². The van der Waals surface area contributed by atoms with Gasteiger partial charge in [-0.2, -0.15) is 0 Å². The summed E-state index contributed by atoms with van der Waals surface area (Å²) >= 11 is 0. The number of hydrogen-bond acceptors (Lipinski definition) is 3. The van der Waals surface area contributed by atoms with Gasteiger partial charge < -0.3 is 20.1 Å². The molecule has 0 radical (unpaired) electrons. The minimum Gasteiger partial charge on any atom is -0.454 e. The Hall–Kier alpha value is -2.76. The van der Waals surface area contributed by atoms with E-state index in [-0.39, 0.29) is 24.7 Å². The molecule has 5 nitrogen and oxygen atoms in total. The zero-order chi connectivity index (χ0) is 16.9. The highest BCUT2D eigenvalue weighted by Crippen LogP contribution is 2.32. The standard InChI is InChI=1S/C18H19FN2O3/c1-12(8-14-4-2-3-5-15(14)19)21-18(22)20-10-13-6-7-16-17(9-13)24-11-23-16/h2-7,9,12H,8,10-11H2,1H3,(H2,20,21,22)/t12-/m1/s1. The molecule has 1 aliphatic rings. The molecule has 0 spiro atoms. The van der Waals surface area contributed by atoms with Gasteiger partial charge in [-0.15, -0.1) is 0 Å². The SMILES string of the molecule is C[C@H](Cc1ccccc1F)NC(=O)NCc1ccc2c(c1)OCO2. The molecule has 126 valence electrons. The lowest BCUT2D eigenvalue weighted by Crippen LogP contribution is -2.41. The highest BCUT2D eigenvalue weighted by Gasteiger charge is 2.14. The lowest BCUT2D eigenvalue weighted by Gasteiger charge is -2.15. The van der Waals surface area contributed by atoms with Crippen molar-refractivity contribution in [1.82, 2.24) is 10.6 Å². The number of ether oxygens (including phenoxy) is 2. The summed E-state index contributed by atoms with van der Waals surface area (Å²) in [5.74, 6) is 1.14. The summed E-state index contributed by atoms with van der Waals surface area (Å²) in [7, 11) is 0. The minimum absolute atomic E-state index is 0.182. The fourth-order valence-corrected chi connectivity index (χ4v) is 2.55. The molecule has 3 rings (SSSR count). The Kier molecular flexibility index (Phi) is 4.84. The first-order valence-electron chi connectivity index (χ1n) is 7.78.